The van der Waals surface area contributed by atoms with Gasteiger partial charge in [0.25, 0.3) is 0 Å². The van der Waals surface area contributed by atoms with Gasteiger partial charge in [0, 0.05) is 27.3 Å². The summed E-state index contributed by atoms with van der Waals surface area (Å²) in [5.41, 5.74) is 0. The minimum atomic E-state index is -2.12. The molecule has 11 heavy (non-hydrogen) atoms. The Morgan fingerprint density at radius 2 is 1.36 bits per heavy atom. The van der Waals surface area contributed by atoms with Gasteiger partial charge in [0.05, 0.1) is 0 Å². The molecule has 0 radical (unpaired) electrons. The summed E-state index contributed by atoms with van der Waals surface area (Å²) in [5, 5.41) is 0. The molecule has 5 heteroatoms. The zero-order valence-corrected chi connectivity index (χ0v) is 8.63. The molecule has 1 aliphatic rings. The van der Waals surface area contributed by atoms with Crippen LogP contribution in [0.1, 0.15) is 0 Å². The van der Waals surface area contributed by atoms with Crippen LogP contribution < -0.4 is 0 Å². The predicted octanol–water partition coefficient (Wildman–Crippen LogP) is -0.408. The summed E-state index contributed by atoms with van der Waals surface area (Å²) in [6, 6.07) is 0. The number of rotatable bonds is 2. The summed E-state index contributed by atoms with van der Waals surface area (Å²) in [6.45, 7) is 2.06. The zero-order chi connectivity index (χ0) is 8.48. The van der Waals surface area contributed by atoms with Crippen LogP contribution in [-0.4, -0.2) is 59.4 Å². The third kappa shape index (κ3) is 1.23. The Hall–Kier alpha value is 0.0569. The van der Waals surface area contributed by atoms with Crippen LogP contribution in [0.4, 0.5) is 0 Å². The largest absolute Gasteiger partial charge is 0.521 e. The molecule has 4 nitrogen and oxygen atoms in total. The zero-order valence-electron chi connectivity index (χ0n) is 7.63. The molecule has 66 valence electrons. The molecule has 0 unspecified atom stereocenters. The molecule has 0 aromatic carbocycles. The van der Waals surface area contributed by atoms with Gasteiger partial charge in [0.2, 0.25) is 0 Å². The van der Waals surface area contributed by atoms with Gasteiger partial charge in [-0.15, -0.1) is 0 Å². The lowest BCUT2D eigenvalue weighted by Gasteiger charge is -2.32. The third-order valence-corrected chi connectivity index (χ3v) is 5.71. The Morgan fingerprint density at radius 3 is 1.55 bits per heavy atom. The first-order valence-corrected chi connectivity index (χ1v) is 5.41. The van der Waals surface area contributed by atoms with Crippen molar-refractivity contribution in [2.24, 2.45) is 0 Å². The molecular weight excluding hydrogens is 160 g/mol. The lowest BCUT2D eigenvalue weighted by Crippen LogP contribution is -2.60. The number of nitrogens with zero attached hydrogens (tertiary/aromatic N) is 2. The first kappa shape index (κ1) is 9.15. The summed E-state index contributed by atoms with van der Waals surface area (Å²) < 4.78 is 15.2. The second-order valence-corrected chi connectivity index (χ2v) is 6.24. The van der Waals surface area contributed by atoms with E-state index < -0.39 is 8.88 Å². The maximum Gasteiger partial charge on any atom is 0.521 e. The minimum Gasteiger partial charge on any atom is -0.374 e. The molecule has 1 aliphatic heterocycles. The quantitative estimate of drug-likeness (QED) is 0.534. The lowest BCUT2D eigenvalue weighted by molar-refractivity contribution is 0.153. The molecule has 1 fully saturated rings. The van der Waals surface area contributed by atoms with Crippen LogP contribution in [0.3, 0.4) is 0 Å². The van der Waals surface area contributed by atoms with Gasteiger partial charge in [-0.1, -0.05) is 0 Å². The van der Waals surface area contributed by atoms with Gasteiger partial charge < -0.3 is 8.85 Å². The fourth-order valence-electron chi connectivity index (χ4n) is 1.58. The van der Waals surface area contributed by atoms with Gasteiger partial charge in [0.15, 0.2) is 0 Å². The van der Waals surface area contributed by atoms with Crippen molar-refractivity contribution in [2.45, 2.75) is 0 Å². The van der Waals surface area contributed by atoms with Crippen LogP contribution in [0, 0.1) is 0 Å². The Balaban J connectivity index is 2.76. The molecule has 0 aliphatic carbocycles. The van der Waals surface area contributed by atoms with Crippen molar-refractivity contribution in [2.75, 3.05) is 41.4 Å². The third-order valence-electron chi connectivity index (χ3n) is 2.27. The fraction of sp³-hybridized carbons (Fsp3) is 1.00. The van der Waals surface area contributed by atoms with E-state index in [-0.39, 0.29) is 0 Å². The van der Waals surface area contributed by atoms with Crippen LogP contribution in [0.25, 0.3) is 0 Å². The first-order valence-electron chi connectivity index (χ1n) is 3.70. The molecule has 0 bridgehead atoms. The normalized spacial score (nSPS) is 26.2. The molecule has 1 rings (SSSR count). The van der Waals surface area contributed by atoms with Gasteiger partial charge in [-0.3, -0.25) is 9.13 Å². The Morgan fingerprint density at radius 1 is 1.00 bits per heavy atom. The highest BCUT2D eigenvalue weighted by molar-refractivity contribution is 6.62. The maximum atomic E-state index is 5.44. The average molecular weight is 176 g/mol. The monoisotopic (exact) mass is 176 g/mol. The van der Waals surface area contributed by atoms with E-state index in [0.717, 1.165) is 13.1 Å². The molecule has 0 amide bonds. The lowest BCUT2D eigenvalue weighted by atomic mass is 10.6. The van der Waals surface area contributed by atoms with E-state index >= 15 is 0 Å². The molecule has 1 saturated heterocycles. The summed E-state index contributed by atoms with van der Waals surface area (Å²) in [6.07, 6.45) is 0. The minimum absolute atomic E-state index is 1.03. The van der Waals surface area contributed by atoms with E-state index in [1.807, 2.05) is 14.1 Å². The van der Waals surface area contributed by atoms with E-state index in [1.165, 1.54) is 0 Å². The van der Waals surface area contributed by atoms with Crippen molar-refractivity contribution < 1.29 is 8.85 Å². The molecular formula is C6H16N2O2Si. The van der Waals surface area contributed by atoms with Gasteiger partial charge in [-0.2, -0.15) is 0 Å². The highest BCUT2D eigenvalue weighted by atomic mass is 28.4. The molecule has 0 aromatic heterocycles. The molecule has 0 spiro atoms. The summed E-state index contributed by atoms with van der Waals surface area (Å²) in [7, 11) is 5.40. The van der Waals surface area contributed by atoms with E-state index in [4.69, 9.17) is 8.85 Å². The average Bonchev–Trinajstić information content (AvgIpc) is 2.29. The maximum absolute atomic E-state index is 5.44. The van der Waals surface area contributed by atoms with Crippen molar-refractivity contribution >= 4 is 8.88 Å². The van der Waals surface area contributed by atoms with Crippen LogP contribution in [0.15, 0.2) is 0 Å². The van der Waals surface area contributed by atoms with Gasteiger partial charge in [-0.05, 0) is 14.1 Å². The van der Waals surface area contributed by atoms with Crippen molar-refractivity contribution in [3.05, 3.63) is 0 Å². The van der Waals surface area contributed by atoms with Crippen LogP contribution in [-0.2, 0) is 8.85 Å². The molecule has 1 heterocycles. The second-order valence-electron chi connectivity index (χ2n) is 2.80. The predicted molar refractivity (Wildman–Crippen MR) is 45.0 cm³/mol. The topological polar surface area (TPSA) is 24.9 Å². The van der Waals surface area contributed by atoms with E-state index in [1.54, 1.807) is 14.2 Å². The Kier molecular flexibility index (Phi) is 2.66. The van der Waals surface area contributed by atoms with Crippen molar-refractivity contribution in [1.29, 1.82) is 0 Å². The summed E-state index contributed by atoms with van der Waals surface area (Å²) in [4.78, 5) is 0. The summed E-state index contributed by atoms with van der Waals surface area (Å²) >= 11 is 0. The van der Waals surface area contributed by atoms with Crippen LogP contribution in [0.2, 0.25) is 0 Å². The number of hydrogen-bond donors (Lipinski definition) is 0. The Bertz CT molecular complexity index is 129. The van der Waals surface area contributed by atoms with Gasteiger partial charge in [-0.25, -0.2) is 0 Å². The van der Waals surface area contributed by atoms with E-state index in [2.05, 4.69) is 9.13 Å². The molecule has 0 saturated carbocycles. The SMILES string of the molecule is CO[Si]1(OC)N(C)CCN1C. The summed E-state index contributed by atoms with van der Waals surface area (Å²) in [5.74, 6) is 0. The molecule has 0 atom stereocenters. The number of likely N-dealkylation sites (N-methyl/N-ethyl adjacent to an activating group) is 2. The van der Waals surface area contributed by atoms with Crippen LogP contribution >= 0.6 is 0 Å². The van der Waals surface area contributed by atoms with Crippen molar-refractivity contribution in [3.63, 3.8) is 0 Å². The molecule has 0 aromatic rings. The van der Waals surface area contributed by atoms with E-state index in [0.29, 0.717) is 0 Å². The van der Waals surface area contributed by atoms with Gasteiger partial charge in [0.1, 0.15) is 0 Å². The standard InChI is InChI=1S/C6H16N2O2Si/c1-7-5-6-8(2)11(7,9-3)10-4/h5-6H2,1-4H3. The molecule has 0 N–H and O–H groups in total. The first-order chi connectivity index (χ1) is 5.17. The van der Waals surface area contributed by atoms with Crippen LogP contribution in [0.5, 0.6) is 0 Å². The van der Waals surface area contributed by atoms with E-state index in [9.17, 15) is 0 Å². The second kappa shape index (κ2) is 3.20. The highest BCUT2D eigenvalue weighted by Gasteiger charge is 2.51. The van der Waals surface area contributed by atoms with Crippen molar-refractivity contribution in [3.8, 4) is 0 Å². The smallest absolute Gasteiger partial charge is 0.374 e. The Labute approximate surface area is 69.1 Å². The van der Waals surface area contributed by atoms with Gasteiger partial charge >= 0.3 is 8.88 Å². The highest BCUT2D eigenvalue weighted by Crippen LogP contribution is 2.19. The number of hydrogen-bond acceptors (Lipinski definition) is 4. The van der Waals surface area contributed by atoms with Crippen molar-refractivity contribution in [1.82, 2.24) is 9.13 Å². The fourth-order valence-corrected chi connectivity index (χ4v) is 4.34.